The first-order chi connectivity index (χ1) is 15.4. The third-order valence-electron chi connectivity index (χ3n) is 4.48. The van der Waals surface area contributed by atoms with E-state index in [1.54, 1.807) is 37.6 Å². The van der Waals surface area contributed by atoms with Crippen molar-refractivity contribution < 1.29 is 23.2 Å². The number of aromatic nitrogens is 1. The van der Waals surface area contributed by atoms with E-state index in [0.29, 0.717) is 22.0 Å². The van der Waals surface area contributed by atoms with E-state index in [0.717, 1.165) is 11.3 Å². The first kappa shape index (κ1) is 22.8. The summed E-state index contributed by atoms with van der Waals surface area (Å²) in [6, 6.07) is 13.6. The number of methoxy groups -OCH3 is 3. The molecule has 1 atom stereocenters. The maximum absolute atomic E-state index is 13.1. The highest BCUT2D eigenvalue weighted by molar-refractivity contribution is 7.93. The van der Waals surface area contributed by atoms with Crippen LogP contribution in [0.3, 0.4) is 0 Å². The predicted octanol–water partition coefficient (Wildman–Crippen LogP) is 3.80. The summed E-state index contributed by atoms with van der Waals surface area (Å²) in [5.41, 5.74) is 1.52. The molecular formula is C24H22N2O5S. The number of ether oxygens (including phenoxy) is 3. The second-order valence-electron chi connectivity index (χ2n) is 6.66. The van der Waals surface area contributed by atoms with Crippen molar-refractivity contribution in [1.29, 1.82) is 0 Å². The number of amides is 1. The predicted molar refractivity (Wildman–Crippen MR) is 122 cm³/mol. The molecule has 0 fully saturated rings. The van der Waals surface area contributed by atoms with Crippen molar-refractivity contribution in [3.05, 3.63) is 77.6 Å². The molecule has 0 aliphatic rings. The van der Waals surface area contributed by atoms with E-state index in [9.17, 15) is 9.00 Å². The average molecular weight is 451 g/mol. The van der Waals surface area contributed by atoms with Gasteiger partial charge in [-0.2, -0.15) is 4.36 Å². The number of nitrogens with zero attached hydrogens (tertiary/aromatic N) is 2. The van der Waals surface area contributed by atoms with E-state index >= 15 is 0 Å². The van der Waals surface area contributed by atoms with Gasteiger partial charge in [0.15, 0.2) is 11.5 Å². The molecule has 0 N–H and O–H groups in total. The Morgan fingerprint density at radius 2 is 1.56 bits per heavy atom. The third-order valence-corrected chi connectivity index (χ3v) is 6.12. The van der Waals surface area contributed by atoms with Crippen LogP contribution in [0, 0.1) is 11.8 Å². The average Bonchev–Trinajstić information content (AvgIpc) is 2.82. The number of carbonyl (C=O) groups excluding carboxylic acids is 1. The number of benzene rings is 2. The summed E-state index contributed by atoms with van der Waals surface area (Å²) in [6.45, 7) is 0. The van der Waals surface area contributed by atoms with Crippen LogP contribution in [0.1, 0.15) is 21.5 Å². The Labute approximate surface area is 187 Å². The quantitative estimate of drug-likeness (QED) is 0.550. The summed E-state index contributed by atoms with van der Waals surface area (Å²) in [7, 11) is 1.56. The third kappa shape index (κ3) is 5.45. The fourth-order valence-corrected chi connectivity index (χ4v) is 3.93. The van der Waals surface area contributed by atoms with Crippen molar-refractivity contribution in [3.63, 3.8) is 0 Å². The van der Waals surface area contributed by atoms with Gasteiger partial charge in [0.05, 0.1) is 41.5 Å². The van der Waals surface area contributed by atoms with Gasteiger partial charge < -0.3 is 14.2 Å². The Kier molecular flexibility index (Phi) is 7.13. The topological polar surface area (TPSA) is 87.1 Å². The monoisotopic (exact) mass is 450 g/mol. The van der Waals surface area contributed by atoms with Gasteiger partial charge in [-0.1, -0.05) is 11.8 Å². The van der Waals surface area contributed by atoms with Gasteiger partial charge in [-0.05, 0) is 42.5 Å². The smallest absolute Gasteiger partial charge is 0.286 e. The molecule has 0 saturated heterocycles. The summed E-state index contributed by atoms with van der Waals surface area (Å²) in [5.74, 6) is 6.96. The molecule has 164 valence electrons. The Morgan fingerprint density at radius 1 is 0.875 bits per heavy atom. The van der Waals surface area contributed by atoms with Gasteiger partial charge in [-0.25, -0.2) is 4.21 Å². The van der Waals surface area contributed by atoms with Crippen LogP contribution in [0.25, 0.3) is 0 Å². The van der Waals surface area contributed by atoms with Crippen molar-refractivity contribution >= 4 is 15.6 Å². The summed E-state index contributed by atoms with van der Waals surface area (Å²) in [5, 5.41) is 0. The molecule has 3 aromatic rings. The molecule has 0 saturated carbocycles. The van der Waals surface area contributed by atoms with Gasteiger partial charge in [0.1, 0.15) is 5.75 Å². The fourth-order valence-electron chi connectivity index (χ4n) is 2.76. The van der Waals surface area contributed by atoms with Crippen LogP contribution in [-0.4, -0.2) is 42.7 Å². The molecule has 3 rings (SSSR count). The van der Waals surface area contributed by atoms with E-state index in [-0.39, 0.29) is 5.56 Å². The molecule has 0 spiro atoms. The summed E-state index contributed by atoms with van der Waals surface area (Å²) >= 11 is 0. The Bertz CT molecular complexity index is 1310. The maximum Gasteiger partial charge on any atom is 0.286 e. The van der Waals surface area contributed by atoms with Crippen LogP contribution in [-0.2, 0) is 9.73 Å². The molecule has 1 heterocycles. The molecule has 0 bridgehead atoms. The van der Waals surface area contributed by atoms with Crippen LogP contribution in [0.2, 0.25) is 0 Å². The Hall–Kier alpha value is -3.83. The second kappa shape index (κ2) is 9.98. The summed E-state index contributed by atoms with van der Waals surface area (Å²) in [4.78, 5) is 17.1. The second-order valence-corrected chi connectivity index (χ2v) is 8.92. The number of hydrogen-bond acceptors (Lipinski definition) is 6. The van der Waals surface area contributed by atoms with Crippen molar-refractivity contribution in [2.45, 2.75) is 4.90 Å². The van der Waals surface area contributed by atoms with Crippen molar-refractivity contribution in [1.82, 2.24) is 4.98 Å². The first-order valence-corrected chi connectivity index (χ1v) is 11.4. The molecule has 0 radical (unpaired) electrons. The Morgan fingerprint density at radius 3 is 2.22 bits per heavy atom. The largest absolute Gasteiger partial charge is 0.497 e. The lowest BCUT2D eigenvalue weighted by Gasteiger charge is -2.10. The number of hydrogen-bond donors (Lipinski definition) is 0. The van der Waals surface area contributed by atoms with E-state index in [1.165, 1.54) is 26.7 Å². The van der Waals surface area contributed by atoms with Crippen LogP contribution in [0.4, 0.5) is 0 Å². The highest BCUT2D eigenvalue weighted by Crippen LogP contribution is 2.30. The molecule has 1 unspecified atom stereocenters. The standard InChI is InChI=1S/C24H22N2O5S/c1-29-20-9-7-17(8-10-20)5-6-18-13-19(16-25-15-18)24(27)26-32(4,28)21-11-12-22(30-2)23(14-21)31-3/h7-16H,1-4H3. The number of rotatable bonds is 5. The van der Waals surface area contributed by atoms with Gasteiger partial charge in [-0.15, -0.1) is 0 Å². The lowest BCUT2D eigenvalue weighted by atomic mass is 10.1. The normalized spacial score (nSPS) is 12.0. The molecule has 0 aliphatic carbocycles. The van der Waals surface area contributed by atoms with E-state index in [4.69, 9.17) is 14.2 Å². The SMILES string of the molecule is COc1ccc(C#Cc2cncc(C(=O)N=S(C)(=O)c3ccc(OC)c(OC)c3)c2)cc1. The lowest BCUT2D eigenvalue weighted by Crippen LogP contribution is -2.05. The molecule has 0 aliphatic heterocycles. The molecule has 1 amide bonds. The van der Waals surface area contributed by atoms with Crippen LogP contribution >= 0.6 is 0 Å². The summed E-state index contributed by atoms with van der Waals surface area (Å²) in [6.07, 6.45) is 4.31. The molecule has 32 heavy (non-hydrogen) atoms. The van der Waals surface area contributed by atoms with Crippen LogP contribution in [0.5, 0.6) is 17.2 Å². The molecule has 2 aromatic carbocycles. The molecule has 1 aromatic heterocycles. The van der Waals surface area contributed by atoms with E-state index in [1.807, 2.05) is 24.3 Å². The number of carbonyl (C=O) groups is 1. The van der Waals surface area contributed by atoms with Gasteiger partial charge in [0, 0.05) is 35.8 Å². The minimum atomic E-state index is -3.03. The highest BCUT2D eigenvalue weighted by Gasteiger charge is 2.15. The zero-order chi connectivity index (χ0) is 23.1. The minimum Gasteiger partial charge on any atom is -0.497 e. The van der Waals surface area contributed by atoms with Crippen molar-refractivity contribution in [2.75, 3.05) is 27.6 Å². The van der Waals surface area contributed by atoms with Gasteiger partial charge >= 0.3 is 0 Å². The zero-order valence-corrected chi connectivity index (χ0v) is 18.9. The molecule has 7 nitrogen and oxygen atoms in total. The first-order valence-electron chi connectivity index (χ1n) is 9.46. The lowest BCUT2D eigenvalue weighted by molar-refractivity contribution is 0.100. The molecule has 8 heteroatoms. The fraction of sp³-hybridized carbons (Fsp3) is 0.167. The van der Waals surface area contributed by atoms with E-state index in [2.05, 4.69) is 21.2 Å². The van der Waals surface area contributed by atoms with Crippen molar-refractivity contribution in [3.8, 4) is 29.1 Å². The minimum absolute atomic E-state index is 0.196. The van der Waals surface area contributed by atoms with Crippen LogP contribution < -0.4 is 14.2 Å². The van der Waals surface area contributed by atoms with Gasteiger partial charge in [-0.3, -0.25) is 9.78 Å². The highest BCUT2D eigenvalue weighted by atomic mass is 32.2. The van der Waals surface area contributed by atoms with E-state index < -0.39 is 15.6 Å². The zero-order valence-electron chi connectivity index (χ0n) is 18.1. The van der Waals surface area contributed by atoms with Gasteiger partial charge in [0.25, 0.3) is 5.91 Å². The van der Waals surface area contributed by atoms with Gasteiger partial charge in [0.2, 0.25) is 0 Å². The van der Waals surface area contributed by atoms with Crippen molar-refractivity contribution in [2.24, 2.45) is 4.36 Å². The van der Waals surface area contributed by atoms with Crippen LogP contribution in [0.15, 0.2) is 70.2 Å². The Balaban J connectivity index is 1.87. The summed E-state index contributed by atoms with van der Waals surface area (Å²) < 4.78 is 32.7. The maximum atomic E-state index is 13.1. The number of pyridine rings is 1. The molecular weight excluding hydrogens is 428 g/mol.